The highest BCUT2D eigenvalue weighted by Gasteiger charge is 2.24. The number of thioether (sulfide) groups is 1. The lowest BCUT2D eigenvalue weighted by Crippen LogP contribution is -2.18. The van der Waals surface area contributed by atoms with Gasteiger partial charge in [-0.25, -0.2) is 0 Å². The van der Waals surface area contributed by atoms with E-state index in [0.29, 0.717) is 18.3 Å². The van der Waals surface area contributed by atoms with Crippen LogP contribution in [0.25, 0.3) is 11.5 Å². The molecule has 1 saturated heterocycles. The third-order valence-corrected chi connectivity index (χ3v) is 4.45. The molecule has 110 valence electrons. The molecule has 1 unspecified atom stereocenters. The monoisotopic (exact) mass is 305 g/mol. The Labute approximate surface area is 126 Å². The molecule has 0 spiro atoms. The summed E-state index contributed by atoms with van der Waals surface area (Å²) in [6.45, 7) is 2.17. The number of ether oxygens (including phenoxy) is 2. The van der Waals surface area contributed by atoms with Crippen LogP contribution in [0.2, 0.25) is 0 Å². The standard InChI is InChI=1S/C14H15N3O3S/c1-2-9(12-10(3-1)15-4-5-19-12)14-16-13(17-20-14)11-8-21-7-6-18-11/h1-3,11,15H,4-8H2. The normalized spacial score (nSPS) is 21.2. The zero-order chi connectivity index (χ0) is 14.1. The van der Waals surface area contributed by atoms with Crippen molar-refractivity contribution in [2.24, 2.45) is 0 Å². The number of fused-ring (bicyclic) bond motifs is 1. The highest BCUT2D eigenvalue weighted by atomic mass is 32.2. The Morgan fingerprint density at radius 3 is 3.19 bits per heavy atom. The van der Waals surface area contributed by atoms with E-state index < -0.39 is 0 Å². The minimum Gasteiger partial charge on any atom is -0.489 e. The van der Waals surface area contributed by atoms with E-state index >= 15 is 0 Å². The van der Waals surface area contributed by atoms with E-state index in [1.54, 1.807) is 0 Å². The molecule has 6 nitrogen and oxygen atoms in total. The van der Waals surface area contributed by atoms with Gasteiger partial charge in [0.05, 0.1) is 17.9 Å². The van der Waals surface area contributed by atoms with Gasteiger partial charge in [0, 0.05) is 18.1 Å². The third kappa shape index (κ3) is 2.47. The van der Waals surface area contributed by atoms with Gasteiger partial charge >= 0.3 is 0 Å². The van der Waals surface area contributed by atoms with Gasteiger partial charge in [0.25, 0.3) is 5.89 Å². The molecule has 0 bridgehead atoms. The molecule has 1 atom stereocenters. The zero-order valence-corrected chi connectivity index (χ0v) is 12.2. The summed E-state index contributed by atoms with van der Waals surface area (Å²) in [4.78, 5) is 4.49. The zero-order valence-electron chi connectivity index (χ0n) is 11.4. The first-order chi connectivity index (χ1) is 10.4. The fraction of sp³-hybridized carbons (Fsp3) is 0.429. The highest BCUT2D eigenvalue weighted by molar-refractivity contribution is 7.99. The summed E-state index contributed by atoms with van der Waals surface area (Å²) in [5, 5.41) is 7.36. The van der Waals surface area contributed by atoms with Crippen molar-refractivity contribution in [3.63, 3.8) is 0 Å². The highest BCUT2D eigenvalue weighted by Crippen LogP contribution is 2.38. The van der Waals surface area contributed by atoms with Gasteiger partial charge < -0.3 is 19.3 Å². The van der Waals surface area contributed by atoms with Crippen LogP contribution in [0.4, 0.5) is 5.69 Å². The van der Waals surface area contributed by atoms with E-state index in [0.717, 1.165) is 41.7 Å². The molecule has 1 fully saturated rings. The Morgan fingerprint density at radius 2 is 2.29 bits per heavy atom. The van der Waals surface area contributed by atoms with Gasteiger partial charge in [0.1, 0.15) is 12.7 Å². The Kier molecular flexibility index (Phi) is 3.44. The van der Waals surface area contributed by atoms with E-state index in [2.05, 4.69) is 15.5 Å². The minimum absolute atomic E-state index is 0.0835. The lowest BCUT2D eigenvalue weighted by molar-refractivity contribution is 0.0677. The van der Waals surface area contributed by atoms with Gasteiger partial charge in [0.2, 0.25) is 5.82 Å². The van der Waals surface area contributed by atoms with Gasteiger partial charge in [-0.15, -0.1) is 0 Å². The van der Waals surface area contributed by atoms with E-state index in [1.165, 1.54) is 0 Å². The second kappa shape index (κ2) is 5.57. The maximum Gasteiger partial charge on any atom is 0.261 e. The van der Waals surface area contributed by atoms with E-state index in [1.807, 2.05) is 30.0 Å². The predicted octanol–water partition coefficient (Wildman–Crippen LogP) is 2.35. The summed E-state index contributed by atoms with van der Waals surface area (Å²) in [5.74, 6) is 3.75. The molecule has 2 aliphatic heterocycles. The molecule has 21 heavy (non-hydrogen) atoms. The van der Waals surface area contributed by atoms with E-state index in [4.69, 9.17) is 14.0 Å². The number of aromatic nitrogens is 2. The lowest BCUT2D eigenvalue weighted by Gasteiger charge is -2.20. The Bertz CT molecular complexity index is 640. The van der Waals surface area contributed by atoms with Crippen molar-refractivity contribution in [2.45, 2.75) is 6.10 Å². The van der Waals surface area contributed by atoms with Gasteiger partial charge in [-0.05, 0) is 12.1 Å². The molecule has 4 rings (SSSR count). The van der Waals surface area contributed by atoms with Crippen molar-refractivity contribution in [3.05, 3.63) is 24.0 Å². The van der Waals surface area contributed by atoms with Gasteiger partial charge in [-0.3, -0.25) is 0 Å². The van der Waals surface area contributed by atoms with Crippen LogP contribution in [0.1, 0.15) is 11.9 Å². The Balaban J connectivity index is 1.66. The molecule has 2 aliphatic rings. The maximum atomic E-state index is 5.74. The molecular formula is C14H15N3O3S. The summed E-state index contributed by atoms with van der Waals surface area (Å²) in [6, 6.07) is 5.86. The maximum absolute atomic E-state index is 5.74. The summed E-state index contributed by atoms with van der Waals surface area (Å²) >= 11 is 1.84. The van der Waals surface area contributed by atoms with Crippen LogP contribution in [-0.4, -0.2) is 41.4 Å². The molecule has 0 amide bonds. The number of hydrogen-bond donors (Lipinski definition) is 1. The van der Waals surface area contributed by atoms with Crippen LogP contribution < -0.4 is 10.1 Å². The fourth-order valence-electron chi connectivity index (χ4n) is 2.45. The number of nitrogens with one attached hydrogen (secondary N) is 1. The first-order valence-electron chi connectivity index (χ1n) is 6.95. The van der Waals surface area contributed by atoms with Crippen molar-refractivity contribution >= 4 is 17.4 Å². The summed E-state index contributed by atoms with van der Waals surface area (Å²) < 4.78 is 16.8. The molecule has 1 N–H and O–H groups in total. The summed E-state index contributed by atoms with van der Waals surface area (Å²) in [6.07, 6.45) is -0.0835. The number of hydrogen-bond acceptors (Lipinski definition) is 7. The molecule has 0 aliphatic carbocycles. The summed E-state index contributed by atoms with van der Waals surface area (Å²) in [5.41, 5.74) is 1.78. The largest absolute Gasteiger partial charge is 0.489 e. The number of nitrogens with zero attached hydrogens (tertiary/aromatic N) is 2. The van der Waals surface area contributed by atoms with Gasteiger partial charge in [0.15, 0.2) is 5.75 Å². The number of rotatable bonds is 2. The minimum atomic E-state index is -0.0835. The van der Waals surface area contributed by atoms with Gasteiger partial charge in [-0.2, -0.15) is 16.7 Å². The van der Waals surface area contributed by atoms with Crippen LogP contribution in [0, 0.1) is 0 Å². The first kappa shape index (κ1) is 13.0. The van der Waals surface area contributed by atoms with Crippen molar-refractivity contribution in [1.82, 2.24) is 10.1 Å². The van der Waals surface area contributed by atoms with Crippen LogP contribution in [0.15, 0.2) is 22.7 Å². The molecule has 1 aromatic carbocycles. The number of anilines is 1. The summed E-state index contributed by atoms with van der Waals surface area (Å²) in [7, 11) is 0. The molecule has 2 aromatic rings. The van der Waals surface area contributed by atoms with E-state index in [-0.39, 0.29) is 6.10 Å². The van der Waals surface area contributed by atoms with Crippen LogP contribution in [0.5, 0.6) is 5.75 Å². The quantitative estimate of drug-likeness (QED) is 0.913. The molecule has 0 radical (unpaired) electrons. The van der Waals surface area contributed by atoms with Crippen LogP contribution >= 0.6 is 11.8 Å². The van der Waals surface area contributed by atoms with Crippen molar-refractivity contribution in [2.75, 3.05) is 36.6 Å². The molecule has 1 aromatic heterocycles. The number of para-hydroxylation sites is 1. The smallest absolute Gasteiger partial charge is 0.261 e. The second-order valence-electron chi connectivity index (χ2n) is 4.85. The molecular weight excluding hydrogens is 290 g/mol. The molecule has 0 saturated carbocycles. The lowest BCUT2D eigenvalue weighted by atomic mass is 10.1. The second-order valence-corrected chi connectivity index (χ2v) is 6.00. The first-order valence-corrected chi connectivity index (χ1v) is 8.10. The molecule has 7 heteroatoms. The SMILES string of the molecule is c1cc2c(c(-c3nc(C4CSCCO4)no3)c1)OCCN2. The Morgan fingerprint density at radius 1 is 1.29 bits per heavy atom. The van der Waals surface area contributed by atoms with Gasteiger partial charge in [-0.1, -0.05) is 11.2 Å². The van der Waals surface area contributed by atoms with Crippen LogP contribution in [0.3, 0.4) is 0 Å². The van der Waals surface area contributed by atoms with Crippen LogP contribution in [-0.2, 0) is 4.74 Å². The molecule has 3 heterocycles. The fourth-order valence-corrected chi connectivity index (χ4v) is 3.29. The Hall–Kier alpha value is -1.73. The van der Waals surface area contributed by atoms with Crippen molar-refractivity contribution < 1.29 is 14.0 Å². The third-order valence-electron chi connectivity index (χ3n) is 3.46. The predicted molar refractivity (Wildman–Crippen MR) is 79.7 cm³/mol. The topological polar surface area (TPSA) is 69.4 Å². The van der Waals surface area contributed by atoms with Crippen molar-refractivity contribution in [3.8, 4) is 17.2 Å². The van der Waals surface area contributed by atoms with Crippen molar-refractivity contribution in [1.29, 1.82) is 0 Å². The average molecular weight is 305 g/mol. The average Bonchev–Trinajstić information content (AvgIpc) is 3.05. The number of benzene rings is 1. The van der Waals surface area contributed by atoms with E-state index in [9.17, 15) is 0 Å².